The van der Waals surface area contributed by atoms with Gasteiger partial charge in [0.25, 0.3) is 0 Å². The number of ketones is 1. The van der Waals surface area contributed by atoms with E-state index in [1.54, 1.807) is 29.2 Å². The lowest BCUT2D eigenvalue weighted by Crippen LogP contribution is -2.00. The predicted octanol–water partition coefficient (Wildman–Crippen LogP) is 3.84. The van der Waals surface area contributed by atoms with Crippen LogP contribution < -0.4 is 0 Å². The lowest BCUT2D eigenvalue weighted by Gasteiger charge is -1.95. The van der Waals surface area contributed by atoms with Crippen LogP contribution in [0.4, 0.5) is 0 Å². The van der Waals surface area contributed by atoms with Gasteiger partial charge in [-0.15, -0.1) is 0 Å². The van der Waals surface area contributed by atoms with Crippen LogP contribution in [0.15, 0.2) is 35.0 Å². The lowest BCUT2D eigenvalue weighted by molar-refractivity contribution is 0.101. The van der Waals surface area contributed by atoms with Crippen LogP contribution in [-0.2, 0) is 6.54 Å². The van der Waals surface area contributed by atoms with Crippen LogP contribution >= 0.6 is 11.6 Å². The normalized spacial score (nSPS) is 11.2. The molecule has 0 aliphatic carbocycles. The van der Waals surface area contributed by atoms with Crippen molar-refractivity contribution in [2.45, 2.75) is 20.4 Å². The number of aryl methyl sites for hydroxylation is 2. The maximum atomic E-state index is 12.5. The predicted molar refractivity (Wildman–Crippen MR) is 77.3 cm³/mol. The van der Waals surface area contributed by atoms with Crippen molar-refractivity contribution in [2.75, 3.05) is 0 Å². The van der Waals surface area contributed by atoms with Crippen LogP contribution in [-0.4, -0.2) is 15.6 Å². The summed E-state index contributed by atoms with van der Waals surface area (Å²) in [5.41, 5.74) is 2.00. The summed E-state index contributed by atoms with van der Waals surface area (Å²) < 4.78 is 7.38. The van der Waals surface area contributed by atoms with Crippen LogP contribution in [0.2, 0.25) is 5.02 Å². The fourth-order valence-electron chi connectivity index (χ4n) is 2.19. The minimum atomic E-state index is -0.158. The van der Waals surface area contributed by atoms with Gasteiger partial charge in [-0.3, -0.25) is 9.48 Å². The molecule has 0 bridgehead atoms. The highest BCUT2D eigenvalue weighted by Crippen LogP contribution is 2.29. The van der Waals surface area contributed by atoms with Crippen molar-refractivity contribution in [1.29, 1.82) is 0 Å². The summed E-state index contributed by atoms with van der Waals surface area (Å²) in [5.74, 6) is 0.187. The number of fused-ring (bicyclic) bond motifs is 1. The molecule has 0 aliphatic rings. The van der Waals surface area contributed by atoms with Crippen molar-refractivity contribution in [2.24, 2.45) is 0 Å². The van der Waals surface area contributed by atoms with E-state index >= 15 is 0 Å². The highest BCUT2D eigenvalue weighted by molar-refractivity contribution is 6.31. The number of aromatic nitrogens is 2. The molecular weight excluding hydrogens is 276 g/mol. The number of nitrogens with zero attached hydrogens (tertiary/aromatic N) is 2. The number of carbonyl (C=O) groups is 1. The highest BCUT2D eigenvalue weighted by Gasteiger charge is 2.20. The van der Waals surface area contributed by atoms with Crippen molar-refractivity contribution in [1.82, 2.24) is 9.78 Å². The summed E-state index contributed by atoms with van der Waals surface area (Å²) in [5, 5.41) is 5.60. The van der Waals surface area contributed by atoms with Crippen molar-refractivity contribution in [3.8, 4) is 0 Å². The van der Waals surface area contributed by atoms with Gasteiger partial charge in [0.2, 0.25) is 5.78 Å². The molecule has 0 saturated heterocycles. The number of carbonyl (C=O) groups excluding carboxylic acids is 1. The zero-order valence-corrected chi connectivity index (χ0v) is 11.9. The Kier molecular flexibility index (Phi) is 3.10. The molecule has 2 aromatic heterocycles. The first kappa shape index (κ1) is 12.9. The minimum Gasteiger partial charge on any atom is -0.452 e. The molecule has 0 atom stereocenters. The number of hydrogen-bond acceptors (Lipinski definition) is 3. The molecular formula is C15H13ClN2O2. The number of rotatable bonds is 3. The van der Waals surface area contributed by atoms with E-state index in [0.717, 1.165) is 17.5 Å². The summed E-state index contributed by atoms with van der Waals surface area (Å²) >= 11 is 5.98. The maximum Gasteiger partial charge on any atom is 0.231 e. The number of hydrogen-bond donors (Lipinski definition) is 0. The lowest BCUT2D eigenvalue weighted by atomic mass is 10.1. The van der Waals surface area contributed by atoms with Crippen molar-refractivity contribution >= 4 is 28.4 Å². The van der Waals surface area contributed by atoms with Crippen molar-refractivity contribution in [3.63, 3.8) is 0 Å². The zero-order valence-electron chi connectivity index (χ0n) is 11.2. The van der Waals surface area contributed by atoms with E-state index < -0.39 is 0 Å². The highest BCUT2D eigenvalue weighted by atomic mass is 35.5. The van der Waals surface area contributed by atoms with Crippen molar-refractivity contribution in [3.05, 3.63) is 52.5 Å². The molecule has 0 spiro atoms. The minimum absolute atomic E-state index is 0.158. The van der Waals surface area contributed by atoms with Gasteiger partial charge in [-0.2, -0.15) is 5.10 Å². The van der Waals surface area contributed by atoms with Gasteiger partial charge < -0.3 is 4.42 Å². The smallest absolute Gasteiger partial charge is 0.231 e. The van der Waals surface area contributed by atoms with Gasteiger partial charge in [0, 0.05) is 28.7 Å². The summed E-state index contributed by atoms with van der Waals surface area (Å²) in [6.45, 7) is 4.55. The molecule has 0 amide bonds. The maximum absolute atomic E-state index is 12.5. The third kappa shape index (κ3) is 2.02. The topological polar surface area (TPSA) is 48.0 Å². The number of furan rings is 1. The fraction of sp³-hybridized carbons (Fsp3) is 0.200. The molecule has 0 saturated carbocycles. The zero-order chi connectivity index (χ0) is 14.3. The summed E-state index contributed by atoms with van der Waals surface area (Å²) in [4.78, 5) is 12.5. The Morgan fingerprint density at radius 3 is 2.95 bits per heavy atom. The van der Waals surface area contributed by atoms with Gasteiger partial charge in [0.15, 0.2) is 5.76 Å². The molecule has 3 rings (SSSR count). The first-order valence-corrected chi connectivity index (χ1v) is 6.73. The SMILES string of the molecule is CCn1cc(C(=O)c2oc3ccc(Cl)cc3c2C)cn1. The summed E-state index contributed by atoms with van der Waals surface area (Å²) in [7, 11) is 0. The van der Waals surface area contributed by atoms with Crippen LogP contribution in [0.3, 0.4) is 0 Å². The van der Waals surface area contributed by atoms with Gasteiger partial charge in [0.1, 0.15) is 5.58 Å². The third-order valence-electron chi connectivity index (χ3n) is 3.32. The van der Waals surface area contributed by atoms with Gasteiger partial charge >= 0.3 is 0 Å². The van der Waals surface area contributed by atoms with E-state index in [1.165, 1.54) is 0 Å². The summed E-state index contributed by atoms with van der Waals surface area (Å²) in [6.07, 6.45) is 3.29. The second-order valence-electron chi connectivity index (χ2n) is 4.61. The van der Waals surface area contributed by atoms with E-state index in [1.807, 2.05) is 19.9 Å². The first-order chi connectivity index (χ1) is 9.60. The molecule has 3 aromatic rings. The third-order valence-corrected chi connectivity index (χ3v) is 3.56. The molecule has 0 fully saturated rings. The van der Waals surface area contributed by atoms with E-state index in [-0.39, 0.29) is 5.78 Å². The Balaban J connectivity index is 2.09. The fourth-order valence-corrected chi connectivity index (χ4v) is 2.37. The Hall–Kier alpha value is -2.07. The monoisotopic (exact) mass is 288 g/mol. The standard InChI is InChI=1S/C15H13ClN2O2/c1-3-18-8-10(7-17-18)14(19)15-9(2)12-6-11(16)4-5-13(12)20-15/h4-8H,3H2,1-2H3. The Bertz CT molecular complexity index is 801. The molecule has 1 aromatic carbocycles. The Morgan fingerprint density at radius 1 is 1.45 bits per heavy atom. The van der Waals surface area contributed by atoms with Crippen LogP contribution in [0.1, 0.15) is 28.6 Å². The Labute approximate surface area is 120 Å². The average molecular weight is 289 g/mol. The van der Waals surface area contributed by atoms with Gasteiger partial charge in [-0.05, 0) is 32.0 Å². The second kappa shape index (κ2) is 4.80. The van der Waals surface area contributed by atoms with Gasteiger partial charge in [-0.25, -0.2) is 0 Å². The molecule has 102 valence electrons. The molecule has 2 heterocycles. The van der Waals surface area contributed by atoms with Gasteiger partial charge in [-0.1, -0.05) is 11.6 Å². The van der Waals surface area contributed by atoms with Crippen LogP contribution in [0.5, 0.6) is 0 Å². The second-order valence-corrected chi connectivity index (χ2v) is 5.05. The molecule has 4 nitrogen and oxygen atoms in total. The largest absolute Gasteiger partial charge is 0.452 e. The van der Waals surface area contributed by atoms with Gasteiger partial charge in [0.05, 0.1) is 11.8 Å². The number of benzene rings is 1. The molecule has 5 heteroatoms. The quantitative estimate of drug-likeness (QED) is 0.688. The number of halogens is 1. The van der Waals surface area contributed by atoms with E-state index in [4.69, 9.17) is 16.0 Å². The van der Waals surface area contributed by atoms with E-state index in [0.29, 0.717) is 21.9 Å². The summed E-state index contributed by atoms with van der Waals surface area (Å²) in [6, 6.07) is 5.33. The van der Waals surface area contributed by atoms with E-state index in [2.05, 4.69) is 5.10 Å². The molecule has 20 heavy (non-hydrogen) atoms. The molecule has 0 radical (unpaired) electrons. The molecule has 0 N–H and O–H groups in total. The van der Waals surface area contributed by atoms with Crippen LogP contribution in [0, 0.1) is 6.92 Å². The van der Waals surface area contributed by atoms with Crippen molar-refractivity contribution < 1.29 is 9.21 Å². The first-order valence-electron chi connectivity index (χ1n) is 6.36. The van der Waals surface area contributed by atoms with E-state index in [9.17, 15) is 4.79 Å². The van der Waals surface area contributed by atoms with Crippen LogP contribution in [0.25, 0.3) is 11.0 Å². The molecule has 0 aliphatic heterocycles. The average Bonchev–Trinajstić information content (AvgIpc) is 3.04. The Morgan fingerprint density at radius 2 is 2.25 bits per heavy atom. The molecule has 0 unspecified atom stereocenters.